The van der Waals surface area contributed by atoms with Gasteiger partial charge in [-0.1, -0.05) is 184 Å². The highest BCUT2D eigenvalue weighted by atomic mass is 31.2. The third-order valence-electron chi connectivity index (χ3n) is 10.3. The summed E-state index contributed by atoms with van der Waals surface area (Å²) in [5.41, 5.74) is 0. The highest BCUT2D eigenvalue weighted by Crippen LogP contribution is 2.38. The molecule has 0 rings (SSSR count). The van der Waals surface area contributed by atoms with E-state index in [-0.39, 0.29) is 19.1 Å². The van der Waals surface area contributed by atoms with Gasteiger partial charge in [0.1, 0.15) is 13.2 Å². The van der Waals surface area contributed by atoms with Gasteiger partial charge in [0.15, 0.2) is 0 Å². The van der Waals surface area contributed by atoms with Crippen LogP contribution in [0.3, 0.4) is 0 Å². The maximum atomic E-state index is 12.9. The molecule has 0 aliphatic rings. The number of hydrogen-bond donors (Lipinski definition) is 2. The van der Waals surface area contributed by atoms with Gasteiger partial charge >= 0.3 is 0 Å². The van der Waals surface area contributed by atoms with E-state index in [1.807, 2.05) is 27.2 Å². The molecule has 334 valence electrons. The standard InChI is InChI=1S/C48H91N2O6P/c1-6-8-10-12-14-16-18-20-22-23-24-25-26-27-28-30-32-34-36-38-40-42-48(52)49-46(45-56-57(53,54)55-44-43-50(3,4)5)47(51)41-39-37-35-33-31-29-21-19-17-15-13-11-9-7-2/h18,20,23-24,26-27,39,41,46-47,51H,6-17,19,21-22,25,28-38,40,42-45H2,1-5H3,(H-,49,52,53,54)/b20-18-,24-23-,27-26-,41-39+. The van der Waals surface area contributed by atoms with E-state index in [0.29, 0.717) is 17.4 Å². The second-order valence-corrected chi connectivity index (χ2v) is 18.5. The van der Waals surface area contributed by atoms with Gasteiger partial charge in [-0.05, 0) is 57.8 Å². The lowest BCUT2D eigenvalue weighted by Crippen LogP contribution is -2.45. The van der Waals surface area contributed by atoms with Gasteiger partial charge in [-0.3, -0.25) is 9.36 Å². The van der Waals surface area contributed by atoms with Crippen LogP contribution in [0, 0.1) is 0 Å². The van der Waals surface area contributed by atoms with Crippen molar-refractivity contribution < 1.29 is 32.9 Å². The summed E-state index contributed by atoms with van der Waals surface area (Å²) in [6.45, 7) is 4.62. The fourth-order valence-corrected chi connectivity index (χ4v) is 7.23. The number of nitrogens with zero attached hydrogens (tertiary/aromatic N) is 1. The highest BCUT2D eigenvalue weighted by Gasteiger charge is 2.23. The van der Waals surface area contributed by atoms with E-state index in [9.17, 15) is 19.4 Å². The Morgan fingerprint density at radius 2 is 1.02 bits per heavy atom. The zero-order chi connectivity index (χ0) is 42.1. The molecule has 3 unspecified atom stereocenters. The summed E-state index contributed by atoms with van der Waals surface area (Å²) in [7, 11) is 1.25. The number of likely N-dealkylation sites (N-methyl/N-ethyl adjacent to an activating group) is 1. The molecule has 2 N–H and O–H groups in total. The zero-order valence-electron chi connectivity index (χ0n) is 37.8. The predicted octanol–water partition coefficient (Wildman–Crippen LogP) is 12.6. The third-order valence-corrected chi connectivity index (χ3v) is 11.2. The number of phosphoric acid groups is 1. The molecule has 0 aromatic heterocycles. The molecule has 0 saturated heterocycles. The minimum atomic E-state index is -4.59. The van der Waals surface area contributed by atoms with Gasteiger partial charge in [-0.25, -0.2) is 0 Å². The zero-order valence-corrected chi connectivity index (χ0v) is 38.7. The first-order valence-electron chi connectivity index (χ1n) is 23.5. The summed E-state index contributed by atoms with van der Waals surface area (Å²) in [4.78, 5) is 25.3. The quantitative estimate of drug-likeness (QED) is 0.0275. The van der Waals surface area contributed by atoms with Crippen molar-refractivity contribution in [3.63, 3.8) is 0 Å². The average molecular weight is 823 g/mol. The van der Waals surface area contributed by atoms with Crippen LogP contribution < -0.4 is 10.2 Å². The number of quaternary nitrogens is 1. The van der Waals surface area contributed by atoms with Gasteiger partial charge < -0.3 is 28.8 Å². The van der Waals surface area contributed by atoms with Crippen molar-refractivity contribution in [3.05, 3.63) is 48.6 Å². The summed E-state index contributed by atoms with van der Waals surface area (Å²) in [6, 6.07) is -0.893. The number of carbonyl (C=O) groups is 1. The molecule has 0 radical (unpaired) electrons. The second-order valence-electron chi connectivity index (χ2n) is 17.1. The molecule has 0 aromatic rings. The number of unbranched alkanes of at least 4 members (excludes halogenated alkanes) is 23. The SMILES string of the molecule is CCCCCCC/C=C\C/C=C\C/C=C\CCCCCCCCC(=O)NC(COP(=O)([O-])OCC[N+](C)(C)C)C(O)/C=C/CCCCCCCCCCCCCC. The van der Waals surface area contributed by atoms with Crippen LogP contribution in [0.2, 0.25) is 0 Å². The van der Waals surface area contributed by atoms with Crippen LogP contribution in [0.15, 0.2) is 48.6 Å². The van der Waals surface area contributed by atoms with Crippen LogP contribution in [0.5, 0.6) is 0 Å². The number of aliphatic hydroxyl groups is 1. The van der Waals surface area contributed by atoms with Crippen molar-refractivity contribution in [1.82, 2.24) is 5.32 Å². The minimum absolute atomic E-state index is 0.00521. The first-order valence-corrected chi connectivity index (χ1v) is 25.0. The second kappa shape index (κ2) is 39.9. The fourth-order valence-electron chi connectivity index (χ4n) is 6.51. The largest absolute Gasteiger partial charge is 0.756 e. The van der Waals surface area contributed by atoms with Crippen molar-refractivity contribution in [3.8, 4) is 0 Å². The number of rotatable bonds is 42. The minimum Gasteiger partial charge on any atom is -0.756 e. The molecule has 0 spiro atoms. The van der Waals surface area contributed by atoms with Crippen LogP contribution in [0.25, 0.3) is 0 Å². The van der Waals surface area contributed by atoms with Crippen LogP contribution in [-0.4, -0.2) is 68.5 Å². The molecule has 0 aliphatic carbocycles. The topological polar surface area (TPSA) is 108 Å². The summed E-state index contributed by atoms with van der Waals surface area (Å²) in [5, 5.41) is 13.8. The number of nitrogens with one attached hydrogen (secondary N) is 1. The van der Waals surface area contributed by atoms with Crippen molar-refractivity contribution in [2.24, 2.45) is 0 Å². The number of phosphoric ester groups is 1. The van der Waals surface area contributed by atoms with Gasteiger partial charge in [0.25, 0.3) is 7.82 Å². The fraction of sp³-hybridized carbons (Fsp3) is 0.812. The van der Waals surface area contributed by atoms with Gasteiger partial charge in [0, 0.05) is 6.42 Å². The van der Waals surface area contributed by atoms with Gasteiger partial charge in [-0.2, -0.15) is 0 Å². The Morgan fingerprint density at radius 1 is 0.614 bits per heavy atom. The molecule has 0 bridgehead atoms. The lowest BCUT2D eigenvalue weighted by atomic mass is 10.0. The first-order chi connectivity index (χ1) is 27.5. The molecule has 0 aliphatic heterocycles. The normalized spacial score (nSPS) is 14.7. The highest BCUT2D eigenvalue weighted by molar-refractivity contribution is 7.45. The Balaban J connectivity index is 4.40. The number of allylic oxidation sites excluding steroid dienone is 7. The van der Waals surface area contributed by atoms with E-state index in [1.54, 1.807) is 6.08 Å². The summed E-state index contributed by atoms with van der Waals surface area (Å²) in [6.07, 6.45) is 50.1. The lowest BCUT2D eigenvalue weighted by molar-refractivity contribution is -0.870. The Morgan fingerprint density at radius 3 is 1.47 bits per heavy atom. The molecule has 9 heteroatoms. The summed E-state index contributed by atoms with van der Waals surface area (Å²) < 4.78 is 23.2. The summed E-state index contributed by atoms with van der Waals surface area (Å²) in [5.74, 6) is -0.211. The predicted molar refractivity (Wildman–Crippen MR) is 242 cm³/mol. The molecular formula is C48H91N2O6P. The Labute approximate surface area is 352 Å². The number of hydrogen-bond acceptors (Lipinski definition) is 6. The molecule has 8 nitrogen and oxygen atoms in total. The average Bonchev–Trinajstić information content (AvgIpc) is 3.16. The summed E-state index contributed by atoms with van der Waals surface area (Å²) >= 11 is 0. The van der Waals surface area contributed by atoms with Crippen molar-refractivity contribution in [2.75, 3.05) is 40.9 Å². The monoisotopic (exact) mass is 823 g/mol. The Hall–Kier alpha value is -1.54. The van der Waals surface area contributed by atoms with E-state index in [1.165, 1.54) is 116 Å². The van der Waals surface area contributed by atoms with E-state index < -0.39 is 20.0 Å². The molecule has 1 amide bonds. The van der Waals surface area contributed by atoms with Crippen molar-refractivity contribution in [2.45, 2.75) is 212 Å². The first kappa shape index (κ1) is 55.5. The van der Waals surface area contributed by atoms with Crippen LogP contribution in [0.4, 0.5) is 0 Å². The van der Waals surface area contributed by atoms with Crippen molar-refractivity contribution in [1.29, 1.82) is 0 Å². The molecular weight excluding hydrogens is 732 g/mol. The number of aliphatic hydroxyl groups excluding tert-OH is 1. The van der Waals surface area contributed by atoms with E-state index >= 15 is 0 Å². The van der Waals surface area contributed by atoms with Crippen LogP contribution in [-0.2, 0) is 18.4 Å². The third kappa shape index (κ3) is 42.4. The number of amides is 1. The van der Waals surface area contributed by atoms with Gasteiger partial charge in [-0.15, -0.1) is 0 Å². The maximum absolute atomic E-state index is 12.9. The molecule has 3 atom stereocenters. The lowest BCUT2D eigenvalue weighted by Gasteiger charge is -2.29. The van der Waals surface area contributed by atoms with Gasteiger partial charge in [0.05, 0.1) is 39.9 Å². The van der Waals surface area contributed by atoms with Crippen LogP contribution in [0.1, 0.15) is 200 Å². The van der Waals surface area contributed by atoms with Gasteiger partial charge in [0.2, 0.25) is 5.91 Å². The molecule has 0 aromatic carbocycles. The molecule has 0 saturated carbocycles. The smallest absolute Gasteiger partial charge is 0.268 e. The molecule has 57 heavy (non-hydrogen) atoms. The van der Waals surface area contributed by atoms with E-state index in [2.05, 4.69) is 55.6 Å². The van der Waals surface area contributed by atoms with Crippen LogP contribution >= 0.6 is 7.82 Å². The Bertz CT molecular complexity index is 1070. The maximum Gasteiger partial charge on any atom is 0.268 e. The molecule has 0 fully saturated rings. The van der Waals surface area contributed by atoms with E-state index in [4.69, 9.17) is 9.05 Å². The van der Waals surface area contributed by atoms with E-state index in [0.717, 1.165) is 64.2 Å². The Kier molecular flexibility index (Phi) is 38.8. The number of carbonyl (C=O) groups excluding carboxylic acids is 1. The molecule has 0 heterocycles. The van der Waals surface area contributed by atoms with Crippen molar-refractivity contribution >= 4 is 13.7 Å².